The number of fused-ring (bicyclic) bond motifs is 1. The predicted octanol–water partition coefficient (Wildman–Crippen LogP) is 2.45. The van der Waals surface area contributed by atoms with Crippen LogP contribution in [0.15, 0.2) is 24.3 Å². The molecule has 0 bridgehead atoms. The van der Waals surface area contributed by atoms with Crippen LogP contribution in [0.25, 0.3) is 0 Å². The van der Waals surface area contributed by atoms with E-state index in [-0.39, 0.29) is 0 Å². The van der Waals surface area contributed by atoms with E-state index in [1.807, 2.05) is 0 Å². The quantitative estimate of drug-likeness (QED) is 0.913. The van der Waals surface area contributed by atoms with Crippen LogP contribution in [0.1, 0.15) is 31.2 Å². The van der Waals surface area contributed by atoms with Crippen molar-refractivity contribution < 1.29 is 4.74 Å². The first kappa shape index (κ1) is 13.9. The first-order chi connectivity index (χ1) is 9.86. The van der Waals surface area contributed by atoms with Crippen LogP contribution in [0, 0.1) is 0 Å². The summed E-state index contributed by atoms with van der Waals surface area (Å²) >= 11 is 0. The van der Waals surface area contributed by atoms with Gasteiger partial charge in [-0.15, -0.1) is 0 Å². The smallest absolute Gasteiger partial charge is 0.118 e. The second-order valence-electron chi connectivity index (χ2n) is 6.05. The topological polar surface area (TPSA) is 24.5 Å². The Labute approximate surface area is 122 Å². The number of nitrogens with one attached hydrogen (secondary N) is 1. The van der Waals surface area contributed by atoms with E-state index >= 15 is 0 Å². The minimum Gasteiger partial charge on any atom is -0.497 e. The van der Waals surface area contributed by atoms with Crippen LogP contribution >= 0.6 is 0 Å². The van der Waals surface area contributed by atoms with Crippen LogP contribution in [0.4, 0.5) is 0 Å². The fourth-order valence-electron chi connectivity index (χ4n) is 3.69. The molecule has 1 heterocycles. The number of hydrogen-bond donors (Lipinski definition) is 1. The van der Waals surface area contributed by atoms with E-state index in [2.05, 4.69) is 34.5 Å². The van der Waals surface area contributed by atoms with Crippen molar-refractivity contribution in [3.63, 3.8) is 0 Å². The Kier molecular flexibility index (Phi) is 4.58. The van der Waals surface area contributed by atoms with Gasteiger partial charge in [-0.05, 0) is 37.0 Å². The molecule has 0 aromatic heterocycles. The zero-order valence-electron chi connectivity index (χ0n) is 12.5. The van der Waals surface area contributed by atoms with E-state index in [4.69, 9.17) is 4.74 Å². The van der Waals surface area contributed by atoms with Gasteiger partial charge in [0.2, 0.25) is 0 Å². The van der Waals surface area contributed by atoms with Gasteiger partial charge in [-0.1, -0.05) is 25.0 Å². The van der Waals surface area contributed by atoms with E-state index in [9.17, 15) is 0 Å². The monoisotopic (exact) mass is 274 g/mol. The second kappa shape index (κ2) is 6.59. The van der Waals surface area contributed by atoms with Gasteiger partial charge in [-0.25, -0.2) is 0 Å². The number of hydrogen-bond acceptors (Lipinski definition) is 3. The Morgan fingerprint density at radius 3 is 2.80 bits per heavy atom. The molecule has 1 saturated heterocycles. The van der Waals surface area contributed by atoms with Crippen molar-refractivity contribution in [2.75, 3.05) is 26.7 Å². The maximum atomic E-state index is 5.22. The van der Waals surface area contributed by atoms with Gasteiger partial charge in [0.25, 0.3) is 0 Å². The third kappa shape index (κ3) is 3.15. The third-order valence-electron chi connectivity index (χ3n) is 4.85. The molecule has 1 aliphatic carbocycles. The zero-order valence-corrected chi connectivity index (χ0v) is 12.5. The molecule has 0 unspecified atom stereocenters. The van der Waals surface area contributed by atoms with Crippen LogP contribution in [0.5, 0.6) is 5.75 Å². The molecular weight excluding hydrogens is 248 g/mol. The Bertz CT molecular complexity index is 416. The number of benzene rings is 1. The average Bonchev–Trinajstić information content (AvgIpc) is 2.53. The van der Waals surface area contributed by atoms with Crippen LogP contribution in [-0.2, 0) is 6.42 Å². The van der Waals surface area contributed by atoms with Crippen molar-refractivity contribution in [2.45, 2.75) is 44.2 Å². The van der Waals surface area contributed by atoms with Crippen molar-refractivity contribution in [2.24, 2.45) is 0 Å². The summed E-state index contributed by atoms with van der Waals surface area (Å²) in [5.74, 6) is 0.947. The van der Waals surface area contributed by atoms with E-state index in [0.717, 1.165) is 30.8 Å². The summed E-state index contributed by atoms with van der Waals surface area (Å²) in [5.41, 5.74) is 1.41. The van der Waals surface area contributed by atoms with Crippen molar-refractivity contribution in [3.05, 3.63) is 29.8 Å². The standard InChI is InChI=1S/C17H26N2O/c1-20-15-8-6-14(7-9-15)10-12-19-13-11-18-16-4-2-3-5-17(16)19/h6-9,16-18H,2-5,10-13H2,1H3/t16-,17-/m0/s1. The molecule has 2 fully saturated rings. The van der Waals surface area contributed by atoms with E-state index in [0.29, 0.717) is 0 Å². The van der Waals surface area contributed by atoms with Gasteiger partial charge >= 0.3 is 0 Å². The Hall–Kier alpha value is -1.06. The predicted molar refractivity (Wildman–Crippen MR) is 82.3 cm³/mol. The molecule has 3 heteroatoms. The molecule has 2 atom stereocenters. The van der Waals surface area contributed by atoms with Gasteiger partial charge in [0, 0.05) is 31.7 Å². The highest BCUT2D eigenvalue weighted by molar-refractivity contribution is 5.27. The number of methoxy groups -OCH3 is 1. The fraction of sp³-hybridized carbons (Fsp3) is 0.647. The summed E-state index contributed by atoms with van der Waals surface area (Å²) in [6.07, 6.45) is 6.69. The fourth-order valence-corrected chi connectivity index (χ4v) is 3.69. The maximum Gasteiger partial charge on any atom is 0.118 e. The molecule has 1 aliphatic heterocycles. The number of rotatable bonds is 4. The summed E-state index contributed by atoms with van der Waals surface area (Å²) in [4.78, 5) is 2.71. The van der Waals surface area contributed by atoms with Crippen LogP contribution in [-0.4, -0.2) is 43.7 Å². The van der Waals surface area contributed by atoms with Crippen LogP contribution in [0.2, 0.25) is 0 Å². The molecule has 3 nitrogen and oxygen atoms in total. The summed E-state index contributed by atoms with van der Waals surface area (Å²) in [6, 6.07) is 10.0. The lowest BCUT2D eigenvalue weighted by atomic mass is 9.87. The van der Waals surface area contributed by atoms with E-state index in [1.165, 1.54) is 44.3 Å². The molecule has 0 radical (unpaired) electrons. The van der Waals surface area contributed by atoms with Gasteiger partial charge in [0.1, 0.15) is 5.75 Å². The highest BCUT2D eigenvalue weighted by Crippen LogP contribution is 2.25. The second-order valence-corrected chi connectivity index (χ2v) is 6.05. The first-order valence-electron chi connectivity index (χ1n) is 7.97. The molecule has 1 aromatic carbocycles. The lowest BCUT2D eigenvalue weighted by molar-refractivity contribution is 0.0893. The molecule has 1 N–H and O–H groups in total. The van der Waals surface area contributed by atoms with Gasteiger partial charge in [0.05, 0.1) is 7.11 Å². The van der Waals surface area contributed by atoms with Crippen molar-refractivity contribution in [3.8, 4) is 5.75 Å². The van der Waals surface area contributed by atoms with Crippen LogP contribution in [0.3, 0.4) is 0 Å². The van der Waals surface area contributed by atoms with Gasteiger partial charge in [-0.3, -0.25) is 4.90 Å². The lowest BCUT2D eigenvalue weighted by Gasteiger charge is -2.44. The van der Waals surface area contributed by atoms with E-state index < -0.39 is 0 Å². The molecular formula is C17H26N2O. The SMILES string of the molecule is COc1ccc(CCN2CCN[C@H]3CCCC[C@@H]32)cc1. The summed E-state index contributed by atoms with van der Waals surface area (Å²) in [7, 11) is 1.72. The summed E-state index contributed by atoms with van der Waals surface area (Å²) < 4.78 is 5.22. The lowest BCUT2D eigenvalue weighted by Crippen LogP contribution is -2.59. The van der Waals surface area contributed by atoms with Crippen molar-refractivity contribution in [1.29, 1.82) is 0 Å². The molecule has 110 valence electrons. The zero-order chi connectivity index (χ0) is 13.8. The van der Waals surface area contributed by atoms with Gasteiger partial charge in [0.15, 0.2) is 0 Å². The van der Waals surface area contributed by atoms with Crippen LogP contribution < -0.4 is 10.1 Å². The molecule has 0 amide bonds. The minimum atomic E-state index is 0.744. The Morgan fingerprint density at radius 2 is 2.00 bits per heavy atom. The molecule has 1 saturated carbocycles. The molecule has 2 aliphatic rings. The maximum absolute atomic E-state index is 5.22. The third-order valence-corrected chi connectivity index (χ3v) is 4.85. The highest BCUT2D eigenvalue weighted by atomic mass is 16.5. The normalized spacial score (nSPS) is 27.1. The number of piperazine rings is 1. The molecule has 20 heavy (non-hydrogen) atoms. The molecule has 1 aromatic rings. The summed E-state index contributed by atoms with van der Waals surface area (Å²) in [5, 5.41) is 3.71. The average molecular weight is 274 g/mol. The largest absolute Gasteiger partial charge is 0.497 e. The van der Waals surface area contributed by atoms with Crippen molar-refractivity contribution in [1.82, 2.24) is 10.2 Å². The Balaban J connectivity index is 1.56. The van der Waals surface area contributed by atoms with Gasteiger partial charge < -0.3 is 10.1 Å². The summed E-state index contributed by atoms with van der Waals surface area (Å²) in [6.45, 7) is 3.55. The number of nitrogens with zero attached hydrogens (tertiary/aromatic N) is 1. The van der Waals surface area contributed by atoms with Crippen molar-refractivity contribution >= 4 is 0 Å². The first-order valence-corrected chi connectivity index (χ1v) is 7.97. The minimum absolute atomic E-state index is 0.744. The highest BCUT2D eigenvalue weighted by Gasteiger charge is 2.32. The van der Waals surface area contributed by atoms with E-state index in [1.54, 1.807) is 7.11 Å². The Morgan fingerprint density at radius 1 is 1.20 bits per heavy atom. The molecule has 3 rings (SSSR count). The number of ether oxygens (including phenoxy) is 1. The molecule has 0 spiro atoms. The van der Waals surface area contributed by atoms with Gasteiger partial charge in [-0.2, -0.15) is 0 Å².